The molecule has 7 nitrogen and oxygen atoms in total. The van der Waals surface area contributed by atoms with Gasteiger partial charge in [-0.15, -0.1) is 0 Å². The smallest absolute Gasteiger partial charge is 0.304 e. The number of hydrogen-bond donors (Lipinski definition) is 3. The molecule has 0 bridgehead atoms. The van der Waals surface area contributed by atoms with Gasteiger partial charge in [0.2, 0.25) is 10.0 Å². The van der Waals surface area contributed by atoms with Crippen molar-refractivity contribution in [2.75, 3.05) is 13.2 Å². The lowest BCUT2D eigenvalue weighted by Crippen LogP contribution is -2.23. The zero-order chi connectivity index (χ0) is 15.3. The third-order valence-electron chi connectivity index (χ3n) is 2.54. The fourth-order valence-corrected chi connectivity index (χ4v) is 3.14. The van der Waals surface area contributed by atoms with Crippen molar-refractivity contribution in [3.05, 3.63) is 45.0 Å². The van der Waals surface area contributed by atoms with Gasteiger partial charge >= 0.3 is 4.87 Å². The van der Waals surface area contributed by atoms with E-state index in [9.17, 15) is 13.2 Å². The van der Waals surface area contributed by atoms with Crippen LogP contribution in [0, 0.1) is 0 Å². The van der Waals surface area contributed by atoms with Crippen LogP contribution in [0.5, 0.6) is 5.75 Å². The second-order valence-corrected chi connectivity index (χ2v) is 6.72. The Morgan fingerprint density at radius 1 is 1.29 bits per heavy atom. The first kappa shape index (κ1) is 15.7. The minimum atomic E-state index is -3.63. The number of benzene rings is 1. The maximum absolute atomic E-state index is 12.1. The number of nitrogens with one attached hydrogen (secondary N) is 2. The van der Waals surface area contributed by atoms with Crippen LogP contribution in [-0.2, 0) is 16.6 Å². The summed E-state index contributed by atoms with van der Waals surface area (Å²) in [6, 6.07) is 6.03. The number of sulfonamides is 1. The van der Waals surface area contributed by atoms with Gasteiger partial charge in [-0.3, -0.25) is 4.79 Å². The molecule has 2 aromatic rings. The van der Waals surface area contributed by atoms with E-state index >= 15 is 0 Å². The fraction of sp³-hybridized carbons (Fsp3) is 0.250. The van der Waals surface area contributed by atoms with Gasteiger partial charge in [-0.05, 0) is 24.3 Å². The molecule has 1 aromatic carbocycles. The number of aromatic nitrogens is 1. The van der Waals surface area contributed by atoms with Gasteiger partial charge in [-0.2, -0.15) is 0 Å². The molecular weight excluding hydrogens is 314 g/mol. The second-order valence-electron chi connectivity index (χ2n) is 4.11. The average Bonchev–Trinajstić information content (AvgIpc) is 2.89. The zero-order valence-electron chi connectivity index (χ0n) is 11.0. The summed E-state index contributed by atoms with van der Waals surface area (Å²) in [4.78, 5) is 13.4. The number of rotatable bonds is 7. The molecule has 0 aliphatic rings. The third-order valence-corrected chi connectivity index (χ3v) is 4.68. The SMILES string of the molecule is NCCOc1ccc(S(=O)(=O)NCc2csc(=O)[nH]2)cc1. The van der Waals surface area contributed by atoms with Crippen molar-refractivity contribution in [3.63, 3.8) is 0 Å². The predicted octanol–water partition coefficient (Wildman–Crippen LogP) is 0.252. The quantitative estimate of drug-likeness (QED) is 0.674. The fourth-order valence-electron chi connectivity index (χ4n) is 1.55. The number of thiazole rings is 1. The van der Waals surface area contributed by atoms with Crippen LogP contribution in [0.3, 0.4) is 0 Å². The molecular formula is C12H15N3O4S2. The summed E-state index contributed by atoms with van der Waals surface area (Å²) in [6.45, 7) is 0.794. The Hall–Kier alpha value is -1.68. The van der Waals surface area contributed by atoms with Gasteiger partial charge in [-0.25, -0.2) is 13.1 Å². The Kier molecular flexibility index (Phi) is 5.12. The highest BCUT2D eigenvalue weighted by Gasteiger charge is 2.14. The van der Waals surface area contributed by atoms with Crippen molar-refractivity contribution >= 4 is 21.4 Å². The number of aromatic amines is 1. The van der Waals surface area contributed by atoms with Crippen LogP contribution in [0.15, 0.2) is 39.3 Å². The van der Waals surface area contributed by atoms with Gasteiger partial charge in [0.15, 0.2) is 0 Å². The molecule has 0 atom stereocenters. The second kappa shape index (κ2) is 6.85. The largest absolute Gasteiger partial charge is 0.492 e. The minimum Gasteiger partial charge on any atom is -0.492 e. The zero-order valence-corrected chi connectivity index (χ0v) is 12.7. The maximum atomic E-state index is 12.1. The molecule has 0 amide bonds. The number of hydrogen-bond acceptors (Lipinski definition) is 6. The van der Waals surface area contributed by atoms with E-state index in [2.05, 4.69) is 9.71 Å². The highest BCUT2D eigenvalue weighted by atomic mass is 32.2. The van der Waals surface area contributed by atoms with E-state index in [1.807, 2.05) is 0 Å². The van der Waals surface area contributed by atoms with Gasteiger partial charge in [0, 0.05) is 17.6 Å². The summed E-state index contributed by atoms with van der Waals surface area (Å²) in [5.74, 6) is 0.557. The van der Waals surface area contributed by atoms with Crippen molar-refractivity contribution in [1.29, 1.82) is 0 Å². The average molecular weight is 329 g/mol. The molecule has 0 unspecified atom stereocenters. The standard InChI is InChI=1S/C12H15N3O4S2/c13-5-6-19-10-1-3-11(4-2-10)21(17,18)14-7-9-8-20-12(16)15-9/h1-4,8,14H,5-7,13H2,(H,15,16). The molecule has 0 saturated heterocycles. The summed E-state index contributed by atoms with van der Waals surface area (Å²) >= 11 is 0.988. The Balaban J connectivity index is 2.03. The Morgan fingerprint density at radius 3 is 2.57 bits per heavy atom. The molecule has 0 saturated carbocycles. The van der Waals surface area contributed by atoms with Gasteiger partial charge in [-0.1, -0.05) is 11.3 Å². The van der Waals surface area contributed by atoms with E-state index in [0.717, 1.165) is 11.3 Å². The molecule has 0 spiro atoms. The Morgan fingerprint density at radius 2 is 2.00 bits per heavy atom. The summed E-state index contributed by atoms with van der Waals surface area (Å²) in [7, 11) is -3.63. The highest BCUT2D eigenvalue weighted by molar-refractivity contribution is 7.89. The number of ether oxygens (including phenoxy) is 1. The van der Waals surface area contributed by atoms with Crippen LogP contribution < -0.4 is 20.1 Å². The third kappa shape index (κ3) is 4.39. The molecule has 2 rings (SSSR count). The first-order valence-electron chi connectivity index (χ1n) is 6.10. The van der Waals surface area contributed by atoms with Gasteiger partial charge in [0.25, 0.3) is 0 Å². The lowest BCUT2D eigenvalue weighted by molar-refractivity contribution is 0.328. The molecule has 1 aromatic heterocycles. The minimum absolute atomic E-state index is 0.0342. The van der Waals surface area contributed by atoms with E-state index in [1.165, 1.54) is 12.1 Å². The topological polar surface area (TPSA) is 114 Å². The van der Waals surface area contributed by atoms with Crippen LogP contribution in [0.1, 0.15) is 5.69 Å². The molecule has 0 aliphatic heterocycles. The van der Waals surface area contributed by atoms with Crippen molar-refractivity contribution in [1.82, 2.24) is 9.71 Å². The summed E-state index contributed by atoms with van der Waals surface area (Å²) < 4.78 is 31.8. The molecule has 0 aliphatic carbocycles. The molecule has 21 heavy (non-hydrogen) atoms. The molecule has 9 heteroatoms. The first-order chi connectivity index (χ1) is 10.0. The lowest BCUT2D eigenvalue weighted by atomic mass is 10.3. The monoisotopic (exact) mass is 329 g/mol. The number of H-pyrrole nitrogens is 1. The normalized spacial score (nSPS) is 11.5. The first-order valence-corrected chi connectivity index (χ1v) is 8.47. The van der Waals surface area contributed by atoms with Crippen LogP contribution in [0.4, 0.5) is 0 Å². The van der Waals surface area contributed by atoms with E-state index in [-0.39, 0.29) is 16.3 Å². The maximum Gasteiger partial charge on any atom is 0.304 e. The molecule has 0 fully saturated rings. The van der Waals surface area contributed by atoms with Crippen LogP contribution >= 0.6 is 11.3 Å². The van der Waals surface area contributed by atoms with Crippen LogP contribution in [-0.4, -0.2) is 26.6 Å². The summed E-state index contributed by atoms with van der Waals surface area (Å²) in [5.41, 5.74) is 5.84. The molecule has 4 N–H and O–H groups in total. The van der Waals surface area contributed by atoms with E-state index < -0.39 is 10.0 Å². The predicted molar refractivity (Wildman–Crippen MR) is 80.0 cm³/mol. The highest BCUT2D eigenvalue weighted by Crippen LogP contribution is 2.16. The lowest BCUT2D eigenvalue weighted by Gasteiger charge is -2.07. The van der Waals surface area contributed by atoms with E-state index in [4.69, 9.17) is 10.5 Å². The van der Waals surface area contributed by atoms with Gasteiger partial charge in [0.1, 0.15) is 12.4 Å². The van der Waals surface area contributed by atoms with Gasteiger partial charge in [0.05, 0.1) is 11.4 Å². The van der Waals surface area contributed by atoms with Crippen molar-refractivity contribution in [3.8, 4) is 5.75 Å². The summed E-state index contributed by atoms with van der Waals surface area (Å²) in [5, 5.41) is 1.58. The Labute approximate surface area is 125 Å². The van der Waals surface area contributed by atoms with Crippen molar-refractivity contribution in [2.45, 2.75) is 11.4 Å². The summed E-state index contributed by atoms with van der Waals surface area (Å²) in [6.07, 6.45) is 0. The van der Waals surface area contributed by atoms with Gasteiger partial charge < -0.3 is 15.5 Å². The molecule has 114 valence electrons. The van der Waals surface area contributed by atoms with E-state index in [1.54, 1.807) is 17.5 Å². The molecule has 1 heterocycles. The van der Waals surface area contributed by atoms with Crippen molar-refractivity contribution < 1.29 is 13.2 Å². The van der Waals surface area contributed by atoms with Crippen LogP contribution in [0.25, 0.3) is 0 Å². The van der Waals surface area contributed by atoms with E-state index in [0.29, 0.717) is 24.6 Å². The van der Waals surface area contributed by atoms with Crippen LogP contribution in [0.2, 0.25) is 0 Å². The number of nitrogens with two attached hydrogens (primary N) is 1. The molecule has 0 radical (unpaired) electrons. The Bertz CT molecular complexity index is 734. The van der Waals surface area contributed by atoms with Crippen molar-refractivity contribution in [2.24, 2.45) is 5.73 Å².